The molecule has 4 heteroatoms. The van der Waals surface area contributed by atoms with Gasteiger partial charge >= 0.3 is 0 Å². The highest BCUT2D eigenvalue weighted by Crippen LogP contribution is 2.28. The lowest BCUT2D eigenvalue weighted by Gasteiger charge is -2.32. The number of nitrogens with zero attached hydrogens (tertiary/aromatic N) is 2. The number of nitrogens with one attached hydrogen (secondary N) is 1. The van der Waals surface area contributed by atoms with E-state index in [-0.39, 0.29) is 0 Å². The number of hydrogen-bond donors (Lipinski definition) is 1. The molecule has 1 aromatic rings. The summed E-state index contributed by atoms with van der Waals surface area (Å²) >= 11 is 6.35. The molecule has 1 N–H and O–H groups in total. The van der Waals surface area contributed by atoms with E-state index in [0.717, 1.165) is 38.3 Å². The van der Waals surface area contributed by atoms with Gasteiger partial charge in [-0.25, -0.2) is 0 Å². The third kappa shape index (κ3) is 3.88. The van der Waals surface area contributed by atoms with Crippen molar-refractivity contribution in [3.05, 3.63) is 28.8 Å². The van der Waals surface area contributed by atoms with Crippen LogP contribution < -0.4 is 10.2 Å². The topological polar surface area (TPSA) is 39.1 Å². The maximum atomic E-state index is 8.93. The molecule has 1 unspecified atom stereocenters. The zero-order chi connectivity index (χ0) is 14.4. The molecule has 20 heavy (non-hydrogen) atoms. The maximum absolute atomic E-state index is 8.93. The Bertz CT molecular complexity index is 475. The molecular formula is C16H22ClN3. The molecule has 1 fully saturated rings. The first-order valence-corrected chi connectivity index (χ1v) is 7.77. The highest BCUT2D eigenvalue weighted by molar-refractivity contribution is 6.33. The Morgan fingerprint density at radius 1 is 1.50 bits per heavy atom. The fraction of sp³-hybridized carbons (Fsp3) is 0.562. The van der Waals surface area contributed by atoms with E-state index in [4.69, 9.17) is 16.9 Å². The molecule has 0 amide bonds. The van der Waals surface area contributed by atoms with Crippen LogP contribution in [0.3, 0.4) is 0 Å². The van der Waals surface area contributed by atoms with Crippen LogP contribution >= 0.6 is 11.6 Å². The Hall–Kier alpha value is -1.24. The normalized spacial score (nSPS) is 18.6. The minimum atomic E-state index is 0.620. The lowest BCUT2D eigenvalue weighted by atomic mass is 9.98. The van der Waals surface area contributed by atoms with Gasteiger partial charge in [0, 0.05) is 13.1 Å². The quantitative estimate of drug-likeness (QED) is 0.903. The molecule has 1 aliphatic rings. The lowest BCUT2D eigenvalue weighted by molar-refractivity contribution is 0.376. The van der Waals surface area contributed by atoms with Gasteiger partial charge in [-0.15, -0.1) is 0 Å². The molecule has 0 aliphatic carbocycles. The average molecular weight is 292 g/mol. The summed E-state index contributed by atoms with van der Waals surface area (Å²) in [5.74, 6) is 0.682. The van der Waals surface area contributed by atoms with Crippen LogP contribution in [0.15, 0.2) is 18.2 Å². The van der Waals surface area contributed by atoms with Crippen LogP contribution in [0.1, 0.15) is 31.7 Å². The minimum Gasteiger partial charge on any atom is -0.370 e. The molecule has 0 saturated carbocycles. The first-order valence-electron chi connectivity index (χ1n) is 7.40. The third-order valence-corrected chi connectivity index (χ3v) is 4.09. The first-order chi connectivity index (χ1) is 9.74. The number of nitriles is 1. The van der Waals surface area contributed by atoms with Crippen LogP contribution in [0, 0.1) is 17.2 Å². The predicted molar refractivity (Wildman–Crippen MR) is 84.3 cm³/mol. The van der Waals surface area contributed by atoms with Gasteiger partial charge < -0.3 is 10.2 Å². The van der Waals surface area contributed by atoms with Crippen molar-refractivity contribution in [3.8, 4) is 6.07 Å². The van der Waals surface area contributed by atoms with Crippen molar-refractivity contribution in [2.45, 2.75) is 26.2 Å². The van der Waals surface area contributed by atoms with Crippen LogP contribution in [-0.4, -0.2) is 26.2 Å². The van der Waals surface area contributed by atoms with Gasteiger partial charge in [-0.05, 0) is 56.5 Å². The Labute approximate surface area is 126 Å². The van der Waals surface area contributed by atoms with Gasteiger partial charge in [0.1, 0.15) is 0 Å². The summed E-state index contributed by atoms with van der Waals surface area (Å²) in [6.45, 7) is 6.45. The van der Waals surface area contributed by atoms with E-state index < -0.39 is 0 Å². The van der Waals surface area contributed by atoms with E-state index in [2.05, 4.69) is 23.2 Å². The van der Waals surface area contributed by atoms with Gasteiger partial charge in [-0.2, -0.15) is 5.26 Å². The van der Waals surface area contributed by atoms with Crippen LogP contribution in [0.2, 0.25) is 5.02 Å². The van der Waals surface area contributed by atoms with E-state index in [1.54, 1.807) is 6.07 Å². The average Bonchev–Trinajstić information content (AvgIpc) is 2.48. The molecule has 3 nitrogen and oxygen atoms in total. The van der Waals surface area contributed by atoms with Crippen LogP contribution in [0.4, 0.5) is 5.69 Å². The minimum absolute atomic E-state index is 0.620. The second-order valence-electron chi connectivity index (χ2n) is 5.44. The Kier molecular flexibility index (Phi) is 5.70. The van der Waals surface area contributed by atoms with Crippen molar-refractivity contribution >= 4 is 17.3 Å². The maximum Gasteiger partial charge on any atom is 0.0992 e. The van der Waals surface area contributed by atoms with Crippen molar-refractivity contribution in [3.63, 3.8) is 0 Å². The standard InChI is InChI=1S/C16H22ClN3/c1-2-8-20(12-14-4-3-7-19-11-14)16-6-5-13(10-18)9-15(16)17/h5-6,9,14,19H,2-4,7-8,11-12H2,1H3. The molecule has 0 aromatic heterocycles. The summed E-state index contributed by atoms with van der Waals surface area (Å²) in [5.41, 5.74) is 1.67. The van der Waals surface area contributed by atoms with E-state index >= 15 is 0 Å². The van der Waals surface area contributed by atoms with Crippen molar-refractivity contribution in [2.24, 2.45) is 5.92 Å². The number of benzene rings is 1. The number of rotatable bonds is 5. The molecule has 2 rings (SSSR count). The second-order valence-corrected chi connectivity index (χ2v) is 5.84. The van der Waals surface area contributed by atoms with Crippen LogP contribution in [0.25, 0.3) is 0 Å². The molecule has 1 atom stereocenters. The summed E-state index contributed by atoms with van der Waals surface area (Å²) in [7, 11) is 0. The summed E-state index contributed by atoms with van der Waals surface area (Å²) < 4.78 is 0. The summed E-state index contributed by atoms with van der Waals surface area (Å²) in [5, 5.41) is 13.1. The van der Waals surface area contributed by atoms with Crippen molar-refractivity contribution in [1.82, 2.24) is 5.32 Å². The van der Waals surface area contributed by atoms with Gasteiger partial charge in [-0.3, -0.25) is 0 Å². The van der Waals surface area contributed by atoms with Gasteiger partial charge in [0.05, 0.1) is 22.3 Å². The fourth-order valence-corrected chi connectivity index (χ4v) is 3.10. The van der Waals surface area contributed by atoms with Crippen LogP contribution in [0.5, 0.6) is 0 Å². The Morgan fingerprint density at radius 2 is 2.35 bits per heavy atom. The number of piperidine rings is 1. The molecule has 1 heterocycles. The molecule has 0 radical (unpaired) electrons. The Morgan fingerprint density at radius 3 is 2.95 bits per heavy atom. The molecule has 1 aliphatic heterocycles. The summed E-state index contributed by atoms with van der Waals surface area (Å²) in [6.07, 6.45) is 3.63. The SMILES string of the molecule is CCCN(CC1CCCNC1)c1ccc(C#N)cc1Cl. The van der Waals surface area contributed by atoms with E-state index in [0.29, 0.717) is 16.5 Å². The smallest absolute Gasteiger partial charge is 0.0992 e. The first kappa shape index (κ1) is 15.2. The lowest BCUT2D eigenvalue weighted by Crippen LogP contribution is -2.38. The number of hydrogen-bond acceptors (Lipinski definition) is 3. The van der Waals surface area contributed by atoms with Crippen molar-refractivity contribution in [1.29, 1.82) is 5.26 Å². The van der Waals surface area contributed by atoms with Crippen LogP contribution in [-0.2, 0) is 0 Å². The molecule has 0 bridgehead atoms. The summed E-state index contributed by atoms with van der Waals surface area (Å²) in [6, 6.07) is 7.73. The monoisotopic (exact) mass is 291 g/mol. The second kappa shape index (κ2) is 7.52. The molecule has 1 saturated heterocycles. The number of anilines is 1. The van der Waals surface area contributed by atoms with E-state index in [1.165, 1.54) is 12.8 Å². The molecular weight excluding hydrogens is 270 g/mol. The van der Waals surface area contributed by atoms with E-state index in [9.17, 15) is 0 Å². The number of halogens is 1. The van der Waals surface area contributed by atoms with Crippen molar-refractivity contribution in [2.75, 3.05) is 31.1 Å². The van der Waals surface area contributed by atoms with Gasteiger partial charge in [0.2, 0.25) is 0 Å². The van der Waals surface area contributed by atoms with Gasteiger partial charge in [0.25, 0.3) is 0 Å². The Balaban J connectivity index is 2.12. The molecule has 1 aromatic carbocycles. The third-order valence-electron chi connectivity index (χ3n) is 3.79. The highest BCUT2D eigenvalue weighted by Gasteiger charge is 2.18. The zero-order valence-electron chi connectivity index (χ0n) is 12.0. The highest BCUT2D eigenvalue weighted by atomic mass is 35.5. The van der Waals surface area contributed by atoms with Gasteiger partial charge in [0.15, 0.2) is 0 Å². The fourth-order valence-electron chi connectivity index (χ4n) is 2.80. The molecule has 108 valence electrons. The molecule has 0 spiro atoms. The summed E-state index contributed by atoms with van der Waals surface area (Å²) in [4.78, 5) is 2.36. The van der Waals surface area contributed by atoms with Gasteiger partial charge in [-0.1, -0.05) is 18.5 Å². The largest absolute Gasteiger partial charge is 0.370 e. The van der Waals surface area contributed by atoms with Crippen molar-refractivity contribution < 1.29 is 0 Å². The van der Waals surface area contributed by atoms with E-state index in [1.807, 2.05) is 12.1 Å². The predicted octanol–water partition coefficient (Wildman–Crippen LogP) is 3.43. The zero-order valence-corrected chi connectivity index (χ0v) is 12.8.